The van der Waals surface area contributed by atoms with Crippen molar-refractivity contribution in [2.24, 2.45) is 4.99 Å². The van der Waals surface area contributed by atoms with Crippen molar-refractivity contribution in [1.29, 1.82) is 0 Å². The van der Waals surface area contributed by atoms with Crippen molar-refractivity contribution in [1.82, 2.24) is 29.1 Å². The third kappa shape index (κ3) is 5.04. The maximum absolute atomic E-state index is 13.5. The van der Waals surface area contributed by atoms with Crippen LogP contribution in [0.5, 0.6) is 11.8 Å². The predicted octanol–water partition coefficient (Wildman–Crippen LogP) is 4.18. The second-order valence-electron chi connectivity index (χ2n) is 7.90. The van der Waals surface area contributed by atoms with Gasteiger partial charge in [-0.2, -0.15) is 4.98 Å². The fourth-order valence-electron chi connectivity index (χ4n) is 3.70. The molecule has 36 heavy (non-hydrogen) atoms. The molecule has 2 N–H and O–H groups in total. The predicted molar refractivity (Wildman–Crippen MR) is 130 cm³/mol. The Balaban J connectivity index is 1.56. The molecule has 0 atom stereocenters. The van der Waals surface area contributed by atoms with Crippen molar-refractivity contribution in [3.63, 3.8) is 0 Å². The van der Waals surface area contributed by atoms with Gasteiger partial charge in [-0.05, 0) is 54.4 Å². The number of nitrogens with two attached hydrogens (primary N) is 1. The van der Waals surface area contributed by atoms with E-state index >= 15 is 0 Å². The van der Waals surface area contributed by atoms with Crippen LogP contribution >= 0.6 is 0 Å². The molecule has 0 spiro atoms. The highest BCUT2D eigenvalue weighted by molar-refractivity contribution is 5.82. The van der Waals surface area contributed by atoms with Crippen LogP contribution in [0.4, 0.5) is 20.3 Å². The molecule has 0 bridgehead atoms. The molecule has 0 saturated heterocycles. The lowest BCUT2D eigenvalue weighted by molar-refractivity contribution is 0.442. The zero-order chi connectivity index (χ0) is 24.9. The number of aryl methyl sites for hydroxylation is 1. The number of nitrogen functional groups attached to an aromatic ring is 1. The third-order valence-corrected chi connectivity index (χ3v) is 5.38. The Morgan fingerprint density at radius 1 is 0.972 bits per heavy atom. The van der Waals surface area contributed by atoms with Gasteiger partial charge in [-0.25, -0.2) is 24.3 Å². The van der Waals surface area contributed by atoms with E-state index in [1.54, 1.807) is 70.3 Å². The van der Waals surface area contributed by atoms with Crippen LogP contribution in [-0.2, 0) is 13.1 Å². The molecule has 9 nitrogen and oxygen atoms in total. The lowest BCUT2D eigenvalue weighted by Crippen LogP contribution is -2.27. The number of benzene rings is 2. The van der Waals surface area contributed by atoms with Gasteiger partial charge in [0.05, 0.1) is 25.2 Å². The van der Waals surface area contributed by atoms with E-state index in [0.29, 0.717) is 47.7 Å². The van der Waals surface area contributed by atoms with Gasteiger partial charge in [0, 0.05) is 18.9 Å². The topological polar surface area (TPSA) is 109 Å². The Kier molecular flexibility index (Phi) is 6.61. The number of rotatable bonds is 8. The van der Waals surface area contributed by atoms with E-state index < -0.39 is 6.67 Å². The number of anilines is 1. The van der Waals surface area contributed by atoms with Gasteiger partial charge in [-0.15, -0.1) is 0 Å². The highest BCUT2D eigenvalue weighted by Crippen LogP contribution is 2.22. The minimum absolute atomic E-state index is 0.233. The molecule has 0 unspecified atom stereocenters. The van der Waals surface area contributed by atoms with Crippen LogP contribution in [-0.4, -0.2) is 35.7 Å². The first-order valence-electron chi connectivity index (χ1n) is 11.2. The SMILES string of the molecule is Nc1nc(=Nc2ccc(Oc3ncccn3)cc2)n(Cc2ccc(F)cc2)c2ncn(CCCF)c12. The zero-order valence-corrected chi connectivity index (χ0v) is 19.1. The number of halogens is 2. The largest absolute Gasteiger partial charge is 0.424 e. The van der Waals surface area contributed by atoms with Crippen LogP contribution < -0.4 is 16.1 Å². The van der Waals surface area contributed by atoms with Crippen LogP contribution in [0.3, 0.4) is 0 Å². The van der Waals surface area contributed by atoms with Crippen molar-refractivity contribution < 1.29 is 13.5 Å². The van der Waals surface area contributed by atoms with E-state index in [1.807, 2.05) is 0 Å². The maximum Gasteiger partial charge on any atom is 0.321 e. The van der Waals surface area contributed by atoms with E-state index in [-0.39, 0.29) is 17.6 Å². The van der Waals surface area contributed by atoms with Gasteiger partial charge in [0.15, 0.2) is 11.5 Å². The smallest absolute Gasteiger partial charge is 0.321 e. The first-order chi connectivity index (χ1) is 17.6. The summed E-state index contributed by atoms with van der Waals surface area (Å²) in [5.74, 6) is 0.457. The zero-order valence-electron chi connectivity index (χ0n) is 19.1. The molecule has 3 heterocycles. The van der Waals surface area contributed by atoms with Crippen molar-refractivity contribution >= 4 is 22.7 Å². The van der Waals surface area contributed by atoms with Crippen LogP contribution in [0.25, 0.3) is 11.2 Å². The van der Waals surface area contributed by atoms with E-state index in [0.717, 1.165) is 5.56 Å². The highest BCUT2D eigenvalue weighted by Gasteiger charge is 2.14. The number of aromatic nitrogens is 6. The summed E-state index contributed by atoms with van der Waals surface area (Å²) in [4.78, 5) is 21.8. The molecule has 3 aromatic heterocycles. The number of fused-ring (bicyclic) bond motifs is 1. The van der Waals surface area contributed by atoms with Gasteiger partial charge >= 0.3 is 6.01 Å². The van der Waals surface area contributed by atoms with Gasteiger partial charge in [-0.1, -0.05) is 12.1 Å². The quantitative estimate of drug-likeness (QED) is 0.351. The summed E-state index contributed by atoms with van der Waals surface area (Å²) in [6.45, 7) is 0.292. The Labute approximate surface area is 204 Å². The molecular weight excluding hydrogens is 466 g/mol. The molecule has 182 valence electrons. The van der Waals surface area contributed by atoms with Gasteiger partial charge < -0.3 is 15.0 Å². The number of imidazole rings is 1. The monoisotopic (exact) mass is 488 g/mol. The van der Waals surface area contributed by atoms with Gasteiger partial charge in [0.2, 0.25) is 5.62 Å². The molecule has 2 aromatic carbocycles. The molecule has 0 aliphatic rings. The van der Waals surface area contributed by atoms with Gasteiger partial charge in [-0.3, -0.25) is 8.96 Å². The first-order valence-corrected chi connectivity index (χ1v) is 11.2. The minimum Gasteiger partial charge on any atom is -0.424 e. The molecule has 0 saturated carbocycles. The lowest BCUT2D eigenvalue weighted by Gasteiger charge is -2.11. The lowest BCUT2D eigenvalue weighted by atomic mass is 10.2. The number of nitrogens with zero attached hydrogens (tertiary/aromatic N) is 7. The molecular formula is C25H22F2N8O. The Morgan fingerprint density at radius 2 is 1.72 bits per heavy atom. The molecule has 0 aliphatic carbocycles. The van der Waals surface area contributed by atoms with E-state index in [4.69, 9.17) is 10.5 Å². The Morgan fingerprint density at radius 3 is 2.44 bits per heavy atom. The normalized spacial score (nSPS) is 11.8. The number of hydrogen-bond donors (Lipinski definition) is 1. The summed E-state index contributed by atoms with van der Waals surface area (Å²) in [6.07, 6.45) is 5.13. The van der Waals surface area contributed by atoms with E-state index in [2.05, 4.69) is 24.9 Å². The van der Waals surface area contributed by atoms with Crippen molar-refractivity contribution in [2.45, 2.75) is 19.5 Å². The second kappa shape index (κ2) is 10.3. The highest BCUT2D eigenvalue weighted by atomic mass is 19.1. The average molecular weight is 489 g/mol. The third-order valence-electron chi connectivity index (χ3n) is 5.38. The van der Waals surface area contributed by atoms with E-state index in [1.165, 1.54) is 12.1 Å². The van der Waals surface area contributed by atoms with Crippen LogP contribution in [0.1, 0.15) is 12.0 Å². The Bertz CT molecular complexity index is 1530. The minimum atomic E-state index is -0.452. The molecule has 0 radical (unpaired) electrons. The molecule has 5 rings (SSSR count). The number of ether oxygens (including phenoxy) is 1. The summed E-state index contributed by atoms with van der Waals surface area (Å²) in [5.41, 5.74) is 9.19. The van der Waals surface area contributed by atoms with Crippen molar-refractivity contribution in [3.05, 3.63) is 90.3 Å². The van der Waals surface area contributed by atoms with Crippen molar-refractivity contribution in [3.8, 4) is 11.8 Å². The fourth-order valence-corrected chi connectivity index (χ4v) is 3.70. The molecule has 0 aliphatic heterocycles. The van der Waals surface area contributed by atoms with Gasteiger partial charge in [0.1, 0.15) is 17.1 Å². The maximum atomic E-state index is 13.5. The standard InChI is InChI=1S/C25H22F2N8O/c26-11-1-14-34-16-31-23-21(34)22(28)33-24(35(23)15-17-3-5-18(27)6-4-17)32-19-7-9-20(10-8-19)36-25-29-12-2-13-30-25/h2-10,12-13,16H,1,11,14-15H2,(H2,28,32,33). The van der Waals surface area contributed by atoms with E-state index in [9.17, 15) is 8.78 Å². The molecule has 11 heteroatoms. The molecule has 0 fully saturated rings. The van der Waals surface area contributed by atoms with Crippen LogP contribution in [0.2, 0.25) is 0 Å². The summed E-state index contributed by atoms with van der Waals surface area (Å²) in [6, 6.07) is 15.1. The van der Waals surface area contributed by atoms with Gasteiger partial charge in [0.25, 0.3) is 0 Å². The average Bonchev–Trinajstić information content (AvgIpc) is 3.32. The summed E-state index contributed by atoms with van der Waals surface area (Å²) < 4.78 is 35.5. The number of alkyl halides is 1. The fraction of sp³-hybridized carbons (Fsp3) is 0.160. The summed E-state index contributed by atoms with van der Waals surface area (Å²) in [5, 5.41) is 0. The second-order valence-corrected chi connectivity index (χ2v) is 7.90. The number of hydrogen-bond acceptors (Lipinski definition) is 7. The Hall–Kier alpha value is -4.67. The van der Waals surface area contributed by atoms with Crippen LogP contribution in [0, 0.1) is 5.82 Å². The molecule has 5 aromatic rings. The first kappa shape index (κ1) is 23.1. The summed E-state index contributed by atoms with van der Waals surface area (Å²) in [7, 11) is 0. The van der Waals surface area contributed by atoms with Crippen LogP contribution in [0.15, 0.2) is 78.3 Å². The molecule has 0 amide bonds. The van der Waals surface area contributed by atoms with Crippen molar-refractivity contribution in [2.75, 3.05) is 12.4 Å². The summed E-state index contributed by atoms with van der Waals surface area (Å²) >= 11 is 0.